The first kappa shape index (κ1) is 8.41. The van der Waals surface area contributed by atoms with Crippen LogP contribution < -0.4 is 0 Å². The van der Waals surface area contributed by atoms with Crippen molar-refractivity contribution in [2.24, 2.45) is 0 Å². The molecular weight excluding hydrogens is 188 g/mol. The number of fused-ring (bicyclic) bond motifs is 3. The zero-order valence-electron chi connectivity index (χ0n) is 8.61. The third-order valence-electron chi connectivity index (χ3n) is 2.51. The number of benzene rings is 1. The van der Waals surface area contributed by atoms with Crippen LogP contribution in [0.3, 0.4) is 0 Å². The molecule has 0 amide bonds. The van der Waals surface area contributed by atoms with Crippen molar-refractivity contribution in [2.45, 2.75) is 13.8 Å². The fraction of sp³-hybridized carbons (Fsp3) is 0.167. The van der Waals surface area contributed by atoms with Gasteiger partial charge in [-0.1, -0.05) is 12.1 Å². The van der Waals surface area contributed by atoms with Crippen molar-refractivity contribution in [3.63, 3.8) is 0 Å². The summed E-state index contributed by atoms with van der Waals surface area (Å²) in [7, 11) is 0. The van der Waals surface area contributed by atoms with E-state index in [0.717, 1.165) is 22.2 Å². The summed E-state index contributed by atoms with van der Waals surface area (Å²) in [6.45, 7) is 3.90. The highest BCUT2D eigenvalue weighted by atomic mass is 16.3. The lowest BCUT2D eigenvalue weighted by molar-refractivity contribution is 0.650. The van der Waals surface area contributed by atoms with Crippen molar-refractivity contribution < 1.29 is 4.42 Å². The number of hydrogen-bond acceptors (Lipinski definition) is 3. The molecule has 0 N–H and O–H groups in total. The first-order chi connectivity index (χ1) is 7.24. The van der Waals surface area contributed by atoms with E-state index in [1.807, 2.05) is 26.1 Å². The van der Waals surface area contributed by atoms with Crippen LogP contribution >= 0.6 is 0 Å². The Morgan fingerprint density at radius 2 is 2.00 bits per heavy atom. The minimum atomic E-state index is 0.670. The Morgan fingerprint density at radius 3 is 2.87 bits per heavy atom. The molecule has 2 heterocycles. The normalized spacial score (nSPS) is 11.3. The highest BCUT2D eigenvalue weighted by molar-refractivity contribution is 6.03. The van der Waals surface area contributed by atoms with Gasteiger partial charge in [0.2, 0.25) is 5.71 Å². The van der Waals surface area contributed by atoms with Gasteiger partial charge in [-0.25, -0.2) is 4.98 Å². The summed E-state index contributed by atoms with van der Waals surface area (Å²) in [5.41, 5.74) is 2.74. The molecule has 0 fully saturated rings. The average molecular weight is 198 g/mol. The third kappa shape index (κ3) is 1.20. The maximum Gasteiger partial charge on any atom is 0.230 e. The second-order valence-electron chi connectivity index (χ2n) is 3.74. The maximum absolute atomic E-state index is 5.66. The van der Waals surface area contributed by atoms with E-state index < -0.39 is 0 Å². The highest BCUT2D eigenvalue weighted by Crippen LogP contribution is 2.27. The van der Waals surface area contributed by atoms with Crippen LogP contribution in [0.2, 0.25) is 0 Å². The van der Waals surface area contributed by atoms with E-state index in [0.29, 0.717) is 5.71 Å². The topological polar surface area (TPSA) is 38.9 Å². The van der Waals surface area contributed by atoms with Crippen LogP contribution in [0.1, 0.15) is 11.4 Å². The van der Waals surface area contributed by atoms with Crippen LogP contribution in [-0.4, -0.2) is 9.97 Å². The lowest BCUT2D eigenvalue weighted by Gasteiger charge is -1.90. The number of nitrogens with zero attached hydrogens (tertiary/aromatic N) is 2. The summed E-state index contributed by atoms with van der Waals surface area (Å²) in [5.74, 6) is 0.735. The summed E-state index contributed by atoms with van der Waals surface area (Å²) < 4.78 is 5.66. The van der Waals surface area contributed by atoms with E-state index in [1.165, 1.54) is 5.56 Å². The van der Waals surface area contributed by atoms with Crippen molar-refractivity contribution in [1.29, 1.82) is 0 Å². The lowest BCUT2D eigenvalue weighted by Crippen LogP contribution is -1.84. The van der Waals surface area contributed by atoms with Crippen LogP contribution in [-0.2, 0) is 0 Å². The van der Waals surface area contributed by atoms with E-state index in [1.54, 1.807) is 0 Å². The second kappa shape index (κ2) is 2.79. The Hall–Kier alpha value is -1.90. The second-order valence-corrected chi connectivity index (χ2v) is 3.74. The van der Waals surface area contributed by atoms with Crippen LogP contribution in [0.4, 0.5) is 0 Å². The minimum absolute atomic E-state index is 0.670. The molecule has 0 aliphatic rings. The highest BCUT2D eigenvalue weighted by Gasteiger charge is 2.08. The predicted octanol–water partition coefficient (Wildman–Crippen LogP) is 2.99. The molecule has 0 bridgehead atoms. The SMILES string of the molecule is Cc1ccc2c(c1)oc1nc(C)ncc12. The molecule has 0 atom stereocenters. The lowest BCUT2D eigenvalue weighted by atomic mass is 10.1. The molecule has 3 rings (SSSR count). The Labute approximate surface area is 86.8 Å². The zero-order valence-corrected chi connectivity index (χ0v) is 8.61. The number of rotatable bonds is 0. The minimum Gasteiger partial charge on any atom is -0.438 e. The van der Waals surface area contributed by atoms with Crippen LogP contribution in [0.5, 0.6) is 0 Å². The predicted molar refractivity (Wildman–Crippen MR) is 58.8 cm³/mol. The van der Waals surface area contributed by atoms with Gasteiger partial charge in [0, 0.05) is 11.6 Å². The number of hydrogen-bond donors (Lipinski definition) is 0. The summed E-state index contributed by atoms with van der Waals surface area (Å²) in [4.78, 5) is 8.45. The molecule has 15 heavy (non-hydrogen) atoms. The van der Waals surface area contributed by atoms with E-state index in [4.69, 9.17) is 4.42 Å². The monoisotopic (exact) mass is 198 g/mol. The van der Waals surface area contributed by atoms with Gasteiger partial charge in [-0.2, -0.15) is 4.98 Å². The number of furan rings is 1. The molecule has 0 saturated carbocycles. The van der Waals surface area contributed by atoms with Gasteiger partial charge < -0.3 is 4.42 Å². The molecule has 1 aromatic carbocycles. The molecule has 2 aromatic heterocycles. The Kier molecular flexibility index (Phi) is 1.57. The fourth-order valence-electron chi connectivity index (χ4n) is 1.75. The first-order valence-electron chi connectivity index (χ1n) is 4.86. The van der Waals surface area contributed by atoms with Crippen LogP contribution in [0.15, 0.2) is 28.8 Å². The quantitative estimate of drug-likeness (QED) is 0.557. The smallest absolute Gasteiger partial charge is 0.230 e. The van der Waals surface area contributed by atoms with Gasteiger partial charge in [0.15, 0.2) is 0 Å². The van der Waals surface area contributed by atoms with Gasteiger partial charge in [-0.3, -0.25) is 0 Å². The molecule has 3 heteroatoms. The van der Waals surface area contributed by atoms with E-state index >= 15 is 0 Å². The summed E-state index contributed by atoms with van der Waals surface area (Å²) >= 11 is 0. The number of aryl methyl sites for hydroxylation is 2. The molecule has 3 nitrogen and oxygen atoms in total. The largest absolute Gasteiger partial charge is 0.438 e. The van der Waals surface area contributed by atoms with Gasteiger partial charge >= 0.3 is 0 Å². The standard InChI is InChI=1S/C12H10N2O/c1-7-3-4-9-10-6-13-8(2)14-12(10)15-11(9)5-7/h3-6H,1-2H3. The average Bonchev–Trinajstić information content (AvgIpc) is 2.53. The Bertz CT molecular complexity index is 599. The van der Waals surface area contributed by atoms with Crippen LogP contribution in [0.25, 0.3) is 22.1 Å². The van der Waals surface area contributed by atoms with E-state index in [2.05, 4.69) is 22.1 Å². The van der Waals surface area contributed by atoms with Crippen molar-refractivity contribution in [2.75, 3.05) is 0 Å². The van der Waals surface area contributed by atoms with Crippen LogP contribution in [0, 0.1) is 13.8 Å². The maximum atomic E-state index is 5.66. The molecule has 0 spiro atoms. The van der Waals surface area contributed by atoms with Crippen molar-refractivity contribution in [3.8, 4) is 0 Å². The molecule has 0 aliphatic heterocycles. The molecule has 0 aliphatic carbocycles. The summed E-state index contributed by atoms with van der Waals surface area (Å²) in [6, 6.07) is 6.14. The molecule has 3 aromatic rings. The molecular formula is C12H10N2O. The molecule has 0 unspecified atom stereocenters. The molecule has 0 radical (unpaired) electrons. The van der Waals surface area contributed by atoms with Gasteiger partial charge in [0.05, 0.1) is 5.39 Å². The third-order valence-corrected chi connectivity index (χ3v) is 2.51. The van der Waals surface area contributed by atoms with E-state index in [-0.39, 0.29) is 0 Å². The van der Waals surface area contributed by atoms with Gasteiger partial charge in [0.1, 0.15) is 11.4 Å². The van der Waals surface area contributed by atoms with Crippen molar-refractivity contribution >= 4 is 22.1 Å². The Morgan fingerprint density at radius 1 is 1.13 bits per heavy atom. The van der Waals surface area contributed by atoms with Gasteiger partial charge in [-0.15, -0.1) is 0 Å². The fourth-order valence-corrected chi connectivity index (χ4v) is 1.75. The van der Waals surface area contributed by atoms with Gasteiger partial charge in [0.25, 0.3) is 0 Å². The Balaban J connectivity index is 2.51. The molecule has 74 valence electrons. The molecule has 0 saturated heterocycles. The van der Waals surface area contributed by atoms with Crippen molar-refractivity contribution in [1.82, 2.24) is 9.97 Å². The van der Waals surface area contributed by atoms with Gasteiger partial charge in [-0.05, 0) is 25.5 Å². The summed E-state index contributed by atoms with van der Waals surface area (Å²) in [6.07, 6.45) is 1.82. The first-order valence-corrected chi connectivity index (χ1v) is 4.86. The summed E-state index contributed by atoms with van der Waals surface area (Å²) in [5, 5.41) is 2.06. The zero-order chi connectivity index (χ0) is 10.4. The van der Waals surface area contributed by atoms with E-state index in [9.17, 15) is 0 Å². The van der Waals surface area contributed by atoms with Crippen molar-refractivity contribution in [3.05, 3.63) is 35.8 Å². The number of aromatic nitrogens is 2.